The number of aryl methyl sites for hydroxylation is 1. The smallest absolute Gasteiger partial charge is 0.152 e. The van der Waals surface area contributed by atoms with Crippen molar-refractivity contribution in [3.63, 3.8) is 0 Å². The van der Waals surface area contributed by atoms with E-state index < -0.39 is 0 Å². The molecule has 0 unspecified atom stereocenters. The van der Waals surface area contributed by atoms with E-state index in [0.29, 0.717) is 27.0 Å². The van der Waals surface area contributed by atoms with Crippen LogP contribution in [0.2, 0.25) is 10.0 Å². The molecule has 0 atom stereocenters. The maximum atomic E-state index is 5.94. The lowest BCUT2D eigenvalue weighted by Gasteiger charge is -2.08. The largest absolute Gasteiger partial charge is 0.486 e. The molecule has 0 N–H and O–H groups in total. The molecule has 0 spiro atoms. The second-order valence-electron chi connectivity index (χ2n) is 3.78. The van der Waals surface area contributed by atoms with Crippen LogP contribution in [0, 0.1) is 6.92 Å². The minimum Gasteiger partial charge on any atom is -0.486 e. The van der Waals surface area contributed by atoms with Gasteiger partial charge in [-0.15, -0.1) is 0 Å². The van der Waals surface area contributed by atoms with Crippen LogP contribution in [0.4, 0.5) is 0 Å². The molecule has 0 aliphatic rings. The molecule has 2 nitrogen and oxygen atoms in total. The van der Waals surface area contributed by atoms with Crippen LogP contribution in [0.25, 0.3) is 0 Å². The normalized spacial score (nSPS) is 10.4. The number of rotatable bonds is 3. The number of nitrogens with zero attached hydrogens (tertiary/aromatic N) is 1. The van der Waals surface area contributed by atoms with E-state index in [4.69, 9.17) is 27.9 Å². The van der Waals surface area contributed by atoms with Crippen molar-refractivity contribution < 1.29 is 4.74 Å². The third-order valence-corrected chi connectivity index (χ3v) is 3.64. The van der Waals surface area contributed by atoms with E-state index in [-0.39, 0.29) is 0 Å². The maximum Gasteiger partial charge on any atom is 0.152 e. The van der Waals surface area contributed by atoms with E-state index in [0.717, 1.165) is 11.3 Å². The van der Waals surface area contributed by atoms with Gasteiger partial charge in [-0.2, -0.15) is 0 Å². The third-order valence-electron chi connectivity index (χ3n) is 2.33. The minimum absolute atomic E-state index is 0.417. The molecule has 0 radical (unpaired) electrons. The van der Waals surface area contributed by atoms with Crippen molar-refractivity contribution in [2.75, 3.05) is 0 Å². The summed E-state index contributed by atoms with van der Waals surface area (Å²) in [7, 11) is 0. The van der Waals surface area contributed by atoms with Crippen LogP contribution in [0.5, 0.6) is 5.75 Å². The molecule has 2 aromatic rings. The number of pyridine rings is 1. The Labute approximate surface area is 124 Å². The van der Waals surface area contributed by atoms with Crippen molar-refractivity contribution in [2.24, 2.45) is 0 Å². The molecule has 0 aliphatic carbocycles. The quantitative estimate of drug-likeness (QED) is 0.726. The summed E-state index contributed by atoms with van der Waals surface area (Å²) in [5.41, 5.74) is 1.89. The average Bonchev–Trinajstić information content (AvgIpc) is 2.32. The molecular weight excluding hydrogens is 337 g/mol. The molecule has 0 bridgehead atoms. The van der Waals surface area contributed by atoms with Crippen molar-refractivity contribution in [1.82, 2.24) is 4.98 Å². The number of benzene rings is 1. The van der Waals surface area contributed by atoms with Crippen LogP contribution in [-0.4, -0.2) is 4.98 Å². The Bertz CT molecular complexity index is 575. The van der Waals surface area contributed by atoms with Crippen molar-refractivity contribution >= 4 is 39.1 Å². The Hall–Kier alpha value is -0.770. The van der Waals surface area contributed by atoms with E-state index in [9.17, 15) is 0 Å². The second-order valence-corrected chi connectivity index (χ2v) is 5.34. The first-order chi connectivity index (χ1) is 8.56. The van der Waals surface area contributed by atoms with Gasteiger partial charge in [0.2, 0.25) is 0 Å². The SMILES string of the molecule is Cc1ccc(OCc2ccc(Cl)c(Cl)c2)c(Br)n1. The van der Waals surface area contributed by atoms with E-state index in [1.165, 1.54) is 0 Å². The lowest BCUT2D eigenvalue weighted by molar-refractivity contribution is 0.302. The highest BCUT2D eigenvalue weighted by Crippen LogP contribution is 2.26. The van der Waals surface area contributed by atoms with E-state index in [2.05, 4.69) is 20.9 Å². The van der Waals surface area contributed by atoms with Crippen molar-refractivity contribution in [1.29, 1.82) is 0 Å². The van der Waals surface area contributed by atoms with Crippen molar-refractivity contribution in [3.8, 4) is 5.75 Å². The van der Waals surface area contributed by atoms with Crippen LogP contribution < -0.4 is 4.74 Å². The Balaban J connectivity index is 2.09. The van der Waals surface area contributed by atoms with Crippen LogP contribution >= 0.6 is 39.1 Å². The fraction of sp³-hybridized carbons (Fsp3) is 0.154. The summed E-state index contributed by atoms with van der Waals surface area (Å²) in [6, 6.07) is 9.20. The van der Waals surface area contributed by atoms with Crippen LogP contribution in [0.1, 0.15) is 11.3 Å². The zero-order valence-corrected chi connectivity index (χ0v) is 12.7. The molecule has 0 aliphatic heterocycles. The fourth-order valence-electron chi connectivity index (χ4n) is 1.41. The van der Waals surface area contributed by atoms with Crippen molar-refractivity contribution in [2.45, 2.75) is 13.5 Å². The molecule has 1 heterocycles. The first-order valence-corrected chi connectivity index (χ1v) is 6.81. The summed E-state index contributed by atoms with van der Waals surface area (Å²) in [5, 5.41) is 1.07. The van der Waals surface area contributed by atoms with E-state index in [1.54, 1.807) is 12.1 Å². The van der Waals surface area contributed by atoms with Gasteiger partial charge in [0.05, 0.1) is 10.0 Å². The van der Waals surface area contributed by atoms with Crippen LogP contribution in [0.15, 0.2) is 34.9 Å². The van der Waals surface area contributed by atoms with Gasteiger partial charge in [0.25, 0.3) is 0 Å². The first-order valence-electron chi connectivity index (χ1n) is 5.26. The molecule has 5 heteroatoms. The molecule has 1 aromatic carbocycles. The molecule has 1 aromatic heterocycles. The zero-order chi connectivity index (χ0) is 13.1. The number of halogens is 3. The topological polar surface area (TPSA) is 22.1 Å². The fourth-order valence-corrected chi connectivity index (χ4v) is 2.26. The second kappa shape index (κ2) is 5.91. The van der Waals surface area contributed by atoms with Crippen LogP contribution in [0.3, 0.4) is 0 Å². The maximum absolute atomic E-state index is 5.94. The molecule has 0 amide bonds. The van der Waals surface area contributed by atoms with Gasteiger partial charge in [0, 0.05) is 5.69 Å². The Morgan fingerprint density at radius 3 is 2.61 bits per heavy atom. The number of hydrogen-bond acceptors (Lipinski definition) is 2. The van der Waals surface area contributed by atoms with Gasteiger partial charge in [0.1, 0.15) is 11.2 Å². The van der Waals surface area contributed by atoms with Gasteiger partial charge in [-0.1, -0.05) is 29.3 Å². The van der Waals surface area contributed by atoms with Crippen LogP contribution in [-0.2, 0) is 6.61 Å². The number of aromatic nitrogens is 1. The summed E-state index contributed by atoms with van der Waals surface area (Å²) < 4.78 is 6.36. The van der Waals surface area contributed by atoms with Gasteiger partial charge < -0.3 is 4.74 Å². The molecule has 0 fully saturated rings. The summed E-state index contributed by atoms with van der Waals surface area (Å²) in [4.78, 5) is 4.26. The van der Waals surface area contributed by atoms with Crippen molar-refractivity contribution in [3.05, 3.63) is 56.2 Å². The molecule has 0 saturated heterocycles. The highest BCUT2D eigenvalue weighted by molar-refractivity contribution is 9.10. The third kappa shape index (κ3) is 3.37. The lowest BCUT2D eigenvalue weighted by atomic mass is 10.2. The monoisotopic (exact) mass is 345 g/mol. The van der Waals surface area contributed by atoms with Gasteiger partial charge in [-0.25, -0.2) is 4.98 Å². The van der Waals surface area contributed by atoms with E-state index in [1.807, 2.05) is 25.1 Å². The van der Waals surface area contributed by atoms with E-state index >= 15 is 0 Å². The summed E-state index contributed by atoms with van der Waals surface area (Å²) in [5.74, 6) is 0.701. The highest BCUT2D eigenvalue weighted by Gasteiger charge is 2.04. The predicted molar refractivity (Wildman–Crippen MR) is 77.5 cm³/mol. The molecule has 2 rings (SSSR count). The number of ether oxygens (including phenoxy) is 1. The van der Waals surface area contributed by atoms with Gasteiger partial charge in [0.15, 0.2) is 5.75 Å². The molecule has 0 saturated carbocycles. The summed E-state index contributed by atoms with van der Waals surface area (Å²) in [6.07, 6.45) is 0. The summed E-state index contributed by atoms with van der Waals surface area (Å²) >= 11 is 15.2. The predicted octanol–water partition coefficient (Wildman–Crippen LogP) is 5.04. The molecule has 18 heavy (non-hydrogen) atoms. The molecule has 94 valence electrons. The summed E-state index contributed by atoms with van der Waals surface area (Å²) in [6.45, 7) is 2.34. The first kappa shape index (κ1) is 13.7. The lowest BCUT2D eigenvalue weighted by Crippen LogP contribution is -1.97. The zero-order valence-electron chi connectivity index (χ0n) is 9.58. The number of hydrogen-bond donors (Lipinski definition) is 0. The van der Waals surface area contributed by atoms with Gasteiger partial charge >= 0.3 is 0 Å². The molecular formula is C13H10BrCl2NO. The highest BCUT2D eigenvalue weighted by atomic mass is 79.9. The minimum atomic E-state index is 0.417. The Morgan fingerprint density at radius 1 is 1.17 bits per heavy atom. The van der Waals surface area contributed by atoms with Gasteiger partial charge in [-0.05, 0) is 52.7 Å². The standard InChI is InChI=1S/C13H10BrCl2NO/c1-8-2-5-12(13(14)17-8)18-7-9-3-4-10(15)11(16)6-9/h2-6H,7H2,1H3. The van der Waals surface area contributed by atoms with Gasteiger partial charge in [-0.3, -0.25) is 0 Å². The Kier molecular flexibility index (Phi) is 4.49. The average molecular weight is 347 g/mol. The Morgan fingerprint density at radius 2 is 1.94 bits per heavy atom.